The molecule has 1 heterocycles. The van der Waals surface area contributed by atoms with Crippen molar-refractivity contribution in [3.05, 3.63) is 23.8 Å². The molecule has 0 aromatic heterocycles. The molecule has 2 nitrogen and oxygen atoms in total. The highest BCUT2D eigenvalue weighted by Gasteiger charge is 2.23. The number of benzene rings is 1. The van der Waals surface area contributed by atoms with Crippen molar-refractivity contribution >= 4 is 17.4 Å². The molecule has 0 saturated heterocycles. The average Bonchev–Trinajstić information content (AvgIpc) is 2.32. The van der Waals surface area contributed by atoms with E-state index in [1.54, 1.807) is 0 Å². The Labute approximate surface area is 102 Å². The first-order chi connectivity index (χ1) is 7.76. The molecule has 1 unspecified atom stereocenters. The van der Waals surface area contributed by atoms with Gasteiger partial charge in [-0.1, -0.05) is 13.0 Å². The van der Waals surface area contributed by atoms with Crippen LogP contribution in [-0.2, 0) is 6.42 Å². The molecule has 0 saturated carbocycles. The van der Waals surface area contributed by atoms with Crippen LogP contribution >= 0.6 is 11.8 Å². The average molecular weight is 236 g/mol. The van der Waals surface area contributed by atoms with Crippen molar-refractivity contribution < 1.29 is 0 Å². The summed E-state index contributed by atoms with van der Waals surface area (Å²) in [6.07, 6.45) is 2.20. The minimum Gasteiger partial charge on any atom is -0.370 e. The number of aryl methyl sites for hydroxylation is 1. The fourth-order valence-electron chi connectivity index (χ4n) is 2.15. The normalized spacial score (nSPS) is 19.7. The van der Waals surface area contributed by atoms with E-state index in [0.29, 0.717) is 6.04 Å². The van der Waals surface area contributed by atoms with Crippen LogP contribution in [0.3, 0.4) is 0 Å². The summed E-state index contributed by atoms with van der Waals surface area (Å²) in [5, 5.41) is 0. The van der Waals surface area contributed by atoms with E-state index in [1.165, 1.54) is 16.1 Å². The van der Waals surface area contributed by atoms with Gasteiger partial charge >= 0.3 is 0 Å². The fourth-order valence-corrected chi connectivity index (χ4v) is 3.51. The number of fused-ring (bicyclic) bond motifs is 1. The van der Waals surface area contributed by atoms with Crippen LogP contribution in [0, 0.1) is 0 Å². The number of thioether (sulfide) groups is 1. The van der Waals surface area contributed by atoms with E-state index in [0.717, 1.165) is 25.1 Å². The molecule has 1 aliphatic heterocycles. The largest absolute Gasteiger partial charge is 0.370 e. The van der Waals surface area contributed by atoms with Gasteiger partial charge in [-0.15, -0.1) is 11.8 Å². The molecule has 0 spiro atoms. The molecule has 0 radical (unpaired) electrons. The standard InChI is InChI=1S/C13H20N2S/c1-3-10-4-5-12-13(8-10)16-9-11(6-7-14)15(12)2/h4-5,8,11H,3,6-7,9,14H2,1-2H3. The molecular formula is C13H20N2S. The molecular weight excluding hydrogens is 216 g/mol. The highest BCUT2D eigenvalue weighted by atomic mass is 32.2. The Bertz CT molecular complexity index is 365. The zero-order valence-corrected chi connectivity index (χ0v) is 10.9. The lowest BCUT2D eigenvalue weighted by atomic mass is 10.1. The van der Waals surface area contributed by atoms with E-state index in [9.17, 15) is 0 Å². The Morgan fingerprint density at radius 1 is 1.50 bits per heavy atom. The van der Waals surface area contributed by atoms with E-state index in [4.69, 9.17) is 5.73 Å². The maximum absolute atomic E-state index is 5.65. The number of hydrogen-bond donors (Lipinski definition) is 1. The third kappa shape index (κ3) is 2.20. The molecule has 2 N–H and O–H groups in total. The molecule has 0 amide bonds. The minimum absolute atomic E-state index is 0.593. The number of nitrogens with two attached hydrogens (primary N) is 1. The summed E-state index contributed by atoms with van der Waals surface area (Å²) in [4.78, 5) is 3.81. The van der Waals surface area contributed by atoms with Gasteiger partial charge in [0.2, 0.25) is 0 Å². The quantitative estimate of drug-likeness (QED) is 0.874. The van der Waals surface area contributed by atoms with Crippen LogP contribution in [0.2, 0.25) is 0 Å². The smallest absolute Gasteiger partial charge is 0.0504 e. The molecule has 1 aliphatic rings. The molecule has 2 rings (SSSR count). The van der Waals surface area contributed by atoms with E-state index in [-0.39, 0.29) is 0 Å². The summed E-state index contributed by atoms with van der Waals surface area (Å²) in [5.74, 6) is 1.16. The lowest BCUT2D eigenvalue weighted by Crippen LogP contribution is -2.38. The SMILES string of the molecule is CCc1ccc2c(c1)SCC(CCN)N2C. The van der Waals surface area contributed by atoms with Gasteiger partial charge in [0.1, 0.15) is 0 Å². The maximum Gasteiger partial charge on any atom is 0.0504 e. The van der Waals surface area contributed by atoms with E-state index in [2.05, 4.69) is 37.1 Å². The number of nitrogens with zero attached hydrogens (tertiary/aromatic N) is 1. The van der Waals surface area contributed by atoms with Crippen LogP contribution in [0.4, 0.5) is 5.69 Å². The molecule has 16 heavy (non-hydrogen) atoms. The Hall–Kier alpha value is -0.670. The summed E-state index contributed by atoms with van der Waals surface area (Å²) < 4.78 is 0. The number of anilines is 1. The summed E-state index contributed by atoms with van der Waals surface area (Å²) in [5.41, 5.74) is 8.45. The monoisotopic (exact) mass is 236 g/mol. The van der Waals surface area contributed by atoms with Crippen LogP contribution in [0.25, 0.3) is 0 Å². The van der Waals surface area contributed by atoms with Gasteiger partial charge < -0.3 is 10.6 Å². The van der Waals surface area contributed by atoms with E-state index >= 15 is 0 Å². The van der Waals surface area contributed by atoms with Gasteiger partial charge in [0, 0.05) is 23.7 Å². The first-order valence-corrected chi connectivity index (χ1v) is 6.93. The highest BCUT2D eigenvalue weighted by molar-refractivity contribution is 7.99. The third-order valence-electron chi connectivity index (χ3n) is 3.29. The second-order valence-electron chi connectivity index (χ2n) is 4.31. The van der Waals surface area contributed by atoms with Crippen LogP contribution < -0.4 is 10.6 Å². The summed E-state index contributed by atoms with van der Waals surface area (Å²) in [7, 11) is 2.19. The number of rotatable bonds is 3. The molecule has 0 bridgehead atoms. The van der Waals surface area contributed by atoms with Gasteiger partial charge in [-0.05, 0) is 37.1 Å². The summed E-state index contributed by atoms with van der Waals surface area (Å²) in [6.45, 7) is 2.98. The first-order valence-electron chi connectivity index (χ1n) is 5.95. The van der Waals surface area contributed by atoms with E-state index < -0.39 is 0 Å². The zero-order chi connectivity index (χ0) is 11.5. The van der Waals surface area contributed by atoms with Crippen molar-refractivity contribution in [3.63, 3.8) is 0 Å². The third-order valence-corrected chi connectivity index (χ3v) is 4.48. The summed E-state index contributed by atoms with van der Waals surface area (Å²) >= 11 is 1.97. The Morgan fingerprint density at radius 2 is 2.31 bits per heavy atom. The Balaban J connectivity index is 2.24. The molecule has 0 aliphatic carbocycles. The van der Waals surface area contributed by atoms with Crippen molar-refractivity contribution in [1.29, 1.82) is 0 Å². The van der Waals surface area contributed by atoms with Gasteiger partial charge in [-0.3, -0.25) is 0 Å². The van der Waals surface area contributed by atoms with Crippen molar-refractivity contribution in [2.75, 3.05) is 24.2 Å². The van der Waals surface area contributed by atoms with Crippen molar-refractivity contribution in [2.24, 2.45) is 5.73 Å². The topological polar surface area (TPSA) is 29.3 Å². The molecule has 88 valence electrons. The van der Waals surface area contributed by atoms with Crippen LogP contribution in [-0.4, -0.2) is 25.4 Å². The number of hydrogen-bond acceptors (Lipinski definition) is 3. The Morgan fingerprint density at radius 3 is 3.00 bits per heavy atom. The summed E-state index contributed by atoms with van der Waals surface area (Å²) in [6, 6.07) is 7.41. The molecule has 1 aromatic rings. The molecule has 1 atom stereocenters. The Kier molecular flexibility index (Phi) is 3.77. The second kappa shape index (κ2) is 5.11. The van der Waals surface area contributed by atoms with Gasteiger partial charge in [0.25, 0.3) is 0 Å². The predicted molar refractivity (Wildman–Crippen MR) is 72.4 cm³/mol. The van der Waals surface area contributed by atoms with Crippen molar-refractivity contribution in [3.8, 4) is 0 Å². The molecule has 1 aromatic carbocycles. The van der Waals surface area contributed by atoms with Crippen LogP contribution in [0.1, 0.15) is 18.9 Å². The zero-order valence-electron chi connectivity index (χ0n) is 10.1. The minimum atomic E-state index is 0.593. The fraction of sp³-hybridized carbons (Fsp3) is 0.538. The molecule has 0 fully saturated rings. The van der Waals surface area contributed by atoms with Gasteiger partial charge in [0.15, 0.2) is 0 Å². The van der Waals surface area contributed by atoms with Crippen LogP contribution in [0.5, 0.6) is 0 Å². The lowest BCUT2D eigenvalue weighted by Gasteiger charge is -2.35. The maximum atomic E-state index is 5.65. The van der Waals surface area contributed by atoms with Crippen molar-refractivity contribution in [1.82, 2.24) is 0 Å². The predicted octanol–water partition coefficient (Wildman–Crippen LogP) is 2.51. The second-order valence-corrected chi connectivity index (χ2v) is 5.37. The van der Waals surface area contributed by atoms with Gasteiger partial charge in [-0.2, -0.15) is 0 Å². The van der Waals surface area contributed by atoms with Gasteiger partial charge in [-0.25, -0.2) is 0 Å². The van der Waals surface area contributed by atoms with Gasteiger partial charge in [0.05, 0.1) is 5.69 Å². The van der Waals surface area contributed by atoms with Crippen molar-refractivity contribution in [2.45, 2.75) is 30.7 Å². The lowest BCUT2D eigenvalue weighted by molar-refractivity contribution is 0.633. The van der Waals surface area contributed by atoms with E-state index in [1.807, 2.05) is 11.8 Å². The molecule has 3 heteroatoms. The van der Waals surface area contributed by atoms with Crippen LogP contribution in [0.15, 0.2) is 23.1 Å². The first kappa shape index (κ1) is 11.8. The highest BCUT2D eigenvalue weighted by Crippen LogP contribution is 2.37.